The molecule has 1 aromatic carbocycles. The SMILES string of the molecule is Cc1ccc(-c2csc(NC(=O)Cn3nnc4ccccc4c3=O)n2)s1. The first kappa shape index (κ1) is 16.6. The Morgan fingerprint density at radius 3 is 2.88 bits per heavy atom. The highest BCUT2D eigenvalue weighted by Gasteiger charge is 2.12. The molecule has 0 aliphatic heterocycles. The number of nitrogens with one attached hydrogen (secondary N) is 1. The molecule has 1 N–H and O–H groups in total. The summed E-state index contributed by atoms with van der Waals surface area (Å²) in [6, 6.07) is 10.9. The molecule has 9 heteroatoms. The van der Waals surface area contributed by atoms with Gasteiger partial charge in [-0.05, 0) is 31.2 Å². The maximum Gasteiger partial charge on any atom is 0.278 e. The molecule has 1 amide bonds. The van der Waals surface area contributed by atoms with Gasteiger partial charge in [-0.2, -0.15) is 0 Å². The number of aromatic nitrogens is 4. The van der Waals surface area contributed by atoms with Gasteiger partial charge in [0, 0.05) is 10.3 Å². The van der Waals surface area contributed by atoms with Gasteiger partial charge >= 0.3 is 0 Å². The Labute approximate surface area is 156 Å². The summed E-state index contributed by atoms with van der Waals surface area (Å²) in [6.07, 6.45) is 0. The van der Waals surface area contributed by atoms with E-state index in [9.17, 15) is 9.59 Å². The second-order valence-electron chi connectivity index (χ2n) is 5.57. The summed E-state index contributed by atoms with van der Waals surface area (Å²) in [7, 11) is 0. The number of amides is 1. The van der Waals surface area contributed by atoms with Crippen molar-refractivity contribution in [2.24, 2.45) is 0 Å². The fourth-order valence-corrected chi connectivity index (χ4v) is 4.07. The number of aryl methyl sites for hydroxylation is 1. The van der Waals surface area contributed by atoms with E-state index in [1.165, 1.54) is 16.2 Å². The Morgan fingerprint density at radius 2 is 2.08 bits per heavy atom. The minimum Gasteiger partial charge on any atom is -0.300 e. The minimum atomic E-state index is -0.375. The van der Waals surface area contributed by atoms with Gasteiger partial charge < -0.3 is 5.32 Å². The molecule has 130 valence electrons. The first-order valence-electron chi connectivity index (χ1n) is 7.75. The number of anilines is 1. The van der Waals surface area contributed by atoms with E-state index in [1.807, 2.05) is 24.4 Å². The third-order valence-electron chi connectivity index (χ3n) is 3.67. The number of carbonyl (C=O) groups is 1. The maximum absolute atomic E-state index is 12.4. The number of nitrogens with zero attached hydrogens (tertiary/aromatic N) is 4. The van der Waals surface area contributed by atoms with Gasteiger partial charge in [0.1, 0.15) is 12.1 Å². The van der Waals surface area contributed by atoms with Crippen LogP contribution in [-0.2, 0) is 11.3 Å². The monoisotopic (exact) mass is 383 g/mol. The van der Waals surface area contributed by atoms with Gasteiger partial charge in [-0.1, -0.05) is 17.3 Å². The molecule has 4 rings (SSSR count). The highest BCUT2D eigenvalue weighted by molar-refractivity contribution is 7.17. The fourth-order valence-electron chi connectivity index (χ4n) is 2.44. The predicted octanol–water partition coefficient (Wildman–Crippen LogP) is 2.92. The largest absolute Gasteiger partial charge is 0.300 e. The Morgan fingerprint density at radius 1 is 1.23 bits per heavy atom. The van der Waals surface area contributed by atoms with E-state index in [4.69, 9.17) is 0 Å². The van der Waals surface area contributed by atoms with Crippen molar-refractivity contribution in [2.75, 3.05) is 5.32 Å². The van der Waals surface area contributed by atoms with Crippen LogP contribution < -0.4 is 10.9 Å². The Kier molecular flexibility index (Phi) is 4.31. The van der Waals surface area contributed by atoms with E-state index < -0.39 is 0 Å². The van der Waals surface area contributed by atoms with E-state index in [1.54, 1.807) is 35.6 Å². The van der Waals surface area contributed by atoms with Gasteiger partial charge in [-0.3, -0.25) is 9.59 Å². The van der Waals surface area contributed by atoms with Crippen molar-refractivity contribution in [3.05, 3.63) is 57.0 Å². The molecule has 0 aliphatic rings. The first-order chi connectivity index (χ1) is 12.6. The minimum absolute atomic E-state index is 0.219. The Balaban J connectivity index is 1.50. The van der Waals surface area contributed by atoms with E-state index in [0.717, 1.165) is 15.3 Å². The van der Waals surface area contributed by atoms with E-state index in [0.29, 0.717) is 16.0 Å². The topological polar surface area (TPSA) is 89.8 Å². The number of thiophene rings is 1. The average molecular weight is 383 g/mol. The summed E-state index contributed by atoms with van der Waals surface area (Å²) in [5, 5.41) is 13.3. The van der Waals surface area contributed by atoms with E-state index in [2.05, 4.69) is 20.6 Å². The maximum atomic E-state index is 12.4. The molecule has 0 spiro atoms. The lowest BCUT2D eigenvalue weighted by Crippen LogP contribution is -2.30. The molecule has 0 bridgehead atoms. The quantitative estimate of drug-likeness (QED) is 0.585. The van der Waals surface area contributed by atoms with Crippen molar-refractivity contribution < 1.29 is 4.79 Å². The molecule has 0 aliphatic carbocycles. The van der Waals surface area contributed by atoms with Crippen LogP contribution in [0.4, 0.5) is 5.13 Å². The van der Waals surface area contributed by atoms with Crippen molar-refractivity contribution >= 4 is 44.6 Å². The van der Waals surface area contributed by atoms with Gasteiger partial charge in [0.15, 0.2) is 5.13 Å². The first-order valence-corrected chi connectivity index (χ1v) is 9.44. The third-order valence-corrected chi connectivity index (χ3v) is 5.45. The zero-order valence-corrected chi connectivity index (χ0v) is 15.3. The van der Waals surface area contributed by atoms with Gasteiger partial charge in [-0.25, -0.2) is 9.67 Å². The molecule has 0 atom stereocenters. The second-order valence-corrected chi connectivity index (χ2v) is 7.71. The van der Waals surface area contributed by atoms with Crippen molar-refractivity contribution in [2.45, 2.75) is 13.5 Å². The summed E-state index contributed by atoms with van der Waals surface area (Å²) < 4.78 is 1.05. The number of hydrogen-bond donors (Lipinski definition) is 1. The van der Waals surface area contributed by atoms with Crippen molar-refractivity contribution in [3.63, 3.8) is 0 Å². The molecule has 0 unspecified atom stereocenters. The second kappa shape index (κ2) is 6.77. The van der Waals surface area contributed by atoms with Crippen LogP contribution in [0.2, 0.25) is 0 Å². The molecule has 7 nitrogen and oxygen atoms in total. The summed E-state index contributed by atoms with van der Waals surface area (Å²) in [6.45, 7) is 1.81. The van der Waals surface area contributed by atoms with Gasteiger partial charge in [-0.15, -0.1) is 27.8 Å². The smallest absolute Gasteiger partial charge is 0.278 e. The number of hydrogen-bond acceptors (Lipinski definition) is 7. The predicted molar refractivity (Wildman–Crippen MR) is 103 cm³/mol. The molecular formula is C17H13N5O2S2. The van der Waals surface area contributed by atoms with Crippen LogP contribution in [0, 0.1) is 6.92 Å². The average Bonchev–Trinajstić information content (AvgIpc) is 3.26. The summed E-state index contributed by atoms with van der Waals surface area (Å²) in [5.74, 6) is -0.375. The van der Waals surface area contributed by atoms with Crippen LogP contribution in [0.15, 0.2) is 46.6 Å². The molecule has 0 saturated carbocycles. The molecule has 3 aromatic heterocycles. The Hall–Kier alpha value is -2.91. The van der Waals surface area contributed by atoms with Crippen LogP contribution in [0.3, 0.4) is 0 Å². The highest BCUT2D eigenvalue weighted by atomic mass is 32.1. The lowest BCUT2D eigenvalue weighted by atomic mass is 10.2. The summed E-state index contributed by atoms with van der Waals surface area (Å²) in [5.41, 5.74) is 0.982. The van der Waals surface area contributed by atoms with Gasteiger partial charge in [0.05, 0.1) is 16.0 Å². The fraction of sp³-hybridized carbons (Fsp3) is 0.118. The number of thiazole rings is 1. The number of fused-ring (bicyclic) bond motifs is 1. The molecule has 0 saturated heterocycles. The van der Waals surface area contributed by atoms with Crippen molar-refractivity contribution in [1.82, 2.24) is 20.0 Å². The lowest BCUT2D eigenvalue weighted by molar-refractivity contribution is -0.117. The van der Waals surface area contributed by atoms with Gasteiger partial charge in [0.25, 0.3) is 5.56 Å². The number of rotatable bonds is 4. The third kappa shape index (κ3) is 3.26. The zero-order chi connectivity index (χ0) is 18.1. The van der Waals surface area contributed by atoms with Crippen LogP contribution in [0.5, 0.6) is 0 Å². The standard InChI is InChI=1S/C17H13N5O2S2/c1-10-6-7-14(26-10)13-9-25-17(18-13)19-15(23)8-22-16(24)11-4-2-3-5-12(11)20-21-22/h2-7,9H,8H2,1H3,(H,18,19,23). The van der Waals surface area contributed by atoms with E-state index >= 15 is 0 Å². The molecule has 0 fully saturated rings. The van der Waals surface area contributed by atoms with Crippen LogP contribution in [-0.4, -0.2) is 25.9 Å². The lowest BCUT2D eigenvalue weighted by Gasteiger charge is -2.04. The summed E-state index contributed by atoms with van der Waals surface area (Å²) >= 11 is 2.99. The molecular weight excluding hydrogens is 370 g/mol. The van der Waals surface area contributed by atoms with Crippen LogP contribution >= 0.6 is 22.7 Å². The molecule has 4 aromatic rings. The molecule has 0 radical (unpaired) electrons. The van der Waals surface area contributed by atoms with Crippen LogP contribution in [0.1, 0.15) is 4.88 Å². The number of benzene rings is 1. The zero-order valence-electron chi connectivity index (χ0n) is 13.7. The van der Waals surface area contributed by atoms with Crippen LogP contribution in [0.25, 0.3) is 21.5 Å². The molecule has 3 heterocycles. The van der Waals surface area contributed by atoms with Gasteiger partial charge in [0.2, 0.25) is 5.91 Å². The van der Waals surface area contributed by atoms with E-state index in [-0.39, 0.29) is 18.0 Å². The van der Waals surface area contributed by atoms with Crippen molar-refractivity contribution in [1.29, 1.82) is 0 Å². The molecule has 26 heavy (non-hydrogen) atoms. The Bertz CT molecular complexity index is 1160. The normalized spacial score (nSPS) is 11.0. The highest BCUT2D eigenvalue weighted by Crippen LogP contribution is 2.30. The van der Waals surface area contributed by atoms with Crippen molar-refractivity contribution in [3.8, 4) is 10.6 Å². The number of carbonyl (C=O) groups excluding carboxylic acids is 1. The summed E-state index contributed by atoms with van der Waals surface area (Å²) in [4.78, 5) is 31.3.